The van der Waals surface area contributed by atoms with E-state index in [0.717, 1.165) is 25.0 Å². The van der Waals surface area contributed by atoms with E-state index in [4.69, 9.17) is 5.11 Å². The zero-order chi connectivity index (χ0) is 12.5. The molecule has 0 fully saturated rings. The number of nitrogens with one attached hydrogen (secondary N) is 2. The van der Waals surface area contributed by atoms with E-state index in [0.29, 0.717) is 19.4 Å². The van der Waals surface area contributed by atoms with Crippen LogP contribution in [0.2, 0.25) is 0 Å². The number of rotatable bonds is 8. The first kappa shape index (κ1) is 13.7. The standard InChI is InChI=1S/C12H21N3O2/c1-10-11(9-14-15-10)5-4-7-13-12(17)6-2-3-8-16/h9,16H,2-8H2,1H3,(H,13,17)(H,14,15). The zero-order valence-corrected chi connectivity index (χ0v) is 10.3. The summed E-state index contributed by atoms with van der Waals surface area (Å²) in [5.74, 6) is 0.0716. The Kier molecular flexibility index (Phi) is 6.32. The predicted molar refractivity (Wildman–Crippen MR) is 65.6 cm³/mol. The number of aliphatic hydroxyl groups excluding tert-OH is 1. The molecular formula is C12H21N3O2. The minimum Gasteiger partial charge on any atom is -0.396 e. The van der Waals surface area contributed by atoms with Crippen molar-refractivity contribution in [1.82, 2.24) is 15.5 Å². The van der Waals surface area contributed by atoms with E-state index in [-0.39, 0.29) is 12.5 Å². The Morgan fingerprint density at radius 1 is 1.47 bits per heavy atom. The molecule has 0 unspecified atom stereocenters. The number of carbonyl (C=O) groups is 1. The highest BCUT2D eigenvalue weighted by molar-refractivity contribution is 5.75. The first-order valence-corrected chi connectivity index (χ1v) is 6.10. The van der Waals surface area contributed by atoms with Crippen LogP contribution in [0.15, 0.2) is 6.20 Å². The predicted octanol–water partition coefficient (Wildman–Crippen LogP) is 0.930. The first-order valence-electron chi connectivity index (χ1n) is 6.10. The van der Waals surface area contributed by atoms with Crippen LogP contribution < -0.4 is 5.32 Å². The fourth-order valence-electron chi connectivity index (χ4n) is 1.62. The lowest BCUT2D eigenvalue weighted by Crippen LogP contribution is -2.24. The first-order chi connectivity index (χ1) is 8.24. The van der Waals surface area contributed by atoms with Crippen LogP contribution >= 0.6 is 0 Å². The third-order valence-electron chi connectivity index (χ3n) is 2.69. The van der Waals surface area contributed by atoms with E-state index in [9.17, 15) is 4.79 Å². The maximum absolute atomic E-state index is 11.3. The number of nitrogens with zero attached hydrogens (tertiary/aromatic N) is 1. The molecule has 0 aromatic carbocycles. The Morgan fingerprint density at radius 3 is 2.94 bits per heavy atom. The Labute approximate surface area is 102 Å². The number of aryl methyl sites for hydroxylation is 2. The molecule has 1 amide bonds. The van der Waals surface area contributed by atoms with Crippen LogP contribution in [0.3, 0.4) is 0 Å². The minimum atomic E-state index is 0.0716. The molecule has 0 bridgehead atoms. The summed E-state index contributed by atoms with van der Waals surface area (Å²) in [4.78, 5) is 11.3. The molecule has 1 heterocycles. The number of H-pyrrole nitrogens is 1. The monoisotopic (exact) mass is 239 g/mol. The maximum Gasteiger partial charge on any atom is 0.219 e. The second-order valence-electron chi connectivity index (χ2n) is 4.15. The molecule has 5 heteroatoms. The summed E-state index contributed by atoms with van der Waals surface area (Å²) in [6.07, 6.45) is 5.64. The van der Waals surface area contributed by atoms with Crippen molar-refractivity contribution in [2.24, 2.45) is 0 Å². The Morgan fingerprint density at radius 2 is 2.29 bits per heavy atom. The molecule has 0 atom stereocenters. The maximum atomic E-state index is 11.3. The van der Waals surface area contributed by atoms with Crippen molar-refractivity contribution >= 4 is 5.91 Å². The van der Waals surface area contributed by atoms with Crippen molar-refractivity contribution in [2.75, 3.05) is 13.2 Å². The average molecular weight is 239 g/mol. The summed E-state index contributed by atoms with van der Waals surface area (Å²) in [7, 11) is 0. The summed E-state index contributed by atoms with van der Waals surface area (Å²) in [6, 6.07) is 0. The molecule has 0 spiro atoms. The van der Waals surface area contributed by atoms with E-state index < -0.39 is 0 Å². The van der Waals surface area contributed by atoms with E-state index in [1.165, 1.54) is 5.56 Å². The fraction of sp³-hybridized carbons (Fsp3) is 0.667. The van der Waals surface area contributed by atoms with Gasteiger partial charge in [-0.25, -0.2) is 0 Å². The van der Waals surface area contributed by atoms with Crippen molar-refractivity contribution in [2.45, 2.75) is 39.0 Å². The molecule has 3 N–H and O–H groups in total. The van der Waals surface area contributed by atoms with Gasteiger partial charge in [0.15, 0.2) is 0 Å². The summed E-state index contributed by atoms with van der Waals surface area (Å²) in [6.45, 7) is 2.85. The molecule has 0 saturated heterocycles. The van der Waals surface area contributed by atoms with Gasteiger partial charge in [0.05, 0.1) is 6.20 Å². The smallest absolute Gasteiger partial charge is 0.219 e. The molecule has 0 aliphatic heterocycles. The number of hydrogen-bond acceptors (Lipinski definition) is 3. The topological polar surface area (TPSA) is 78.0 Å². The SMILES string of the molecule is Cc1[nH]ncc1CCCNC(=O)CCCCO. The van der Waals surface area contributed by atoms with Crippen LogP contribution in [0.1, 0.15) is 36.9 Å². The molecule has 1 rings (SSSR count). The lowest BCUT2D eigenvalue weighted by atomic mass is 10.1. The number of aromatic amines is 1. The van der Waals surface area contributed by atoms with Gasteiger partial charge in [0.2, 0.25) is 5.91 Å². The van der Waals surface area contributed by atoms with Crippen molar-refractivity contribution in [3.8, 4) is 0 Å². The summed E-state index contributed by atoms with van der Waals surface area (Å²) in [5, 5.41) is 18.3. The zero-order valence-electron chi connectivity index (χ0n) is 10.3. The Balaban J connectivity index is 2.04. The highest BCUT2D eigenvalue weighted by Crippen LogP contribution is 2.05. The van der Waals surface area contributed by atoms with E-state index >= 15 is 0 Å². The number of unbranched alkanes of at least 4 members (excludes halogenated alkanes) is 1. The van der Waals surface area contributed by atoms with Gasteiger partial charge in [0, 0.05) is 25.3 Å². The molecule has 0 radical (unpaired) electrons. The van der Waals surface area contributed by atoms with Crippen molar-refractivity contribution in [1.29, 1.82) is 0 Å². The van der Waals surface area contributed by atoms with Gasteiger partial charge in [-0.1, -0.05) is 0 Å². The molecule has 1 aromatic heterocycles. The molecule has 0 aliphatic rings. The summed E-state index contributed by atoms with van der Waals surface area (Å²) >= 11 is 0. The van der Waals surface area contributed by atoms with Crippen molar-refractivity contribution < 1.29 is 9.90 Å². The normalized spacial score (nSPS) is 10.5. The minimum absolute atomic E-state index is 0.0716. The van der Waals surface area contributed by atoms with Crippen LogP contribution in [0.25, 0.3) is 0 Å². The van der Waals surface area contributed by atoms with Crippen LogP contribution in [0.4, 0.5) is 0 Å². The summed E-state index contributed by atoms with van der Waals surface area (Å²) < 4.78 is 0. The number of aromatic nitrogens is 2. The van der Waals surface area contributed by atoms with Crippen LogP contribution in [0, 0.1) is 6.92 Å². The van der Waals surface area contributed by atoms with Crippen LogP contribution in [-0.4, -0.2) is 34.4 Å². The van der Waals surface area contributed by atoms with Gasteiger partial charge in [-0.05, 0) is 38.2 Å². The summed E-state index contributed by atoms with van der Waals surface area (Å²) in [5.41, 5.74) is 2.30. The molecule has 0 saturated carbocycles. The van der Waals surface area contributed by atoms with Crippen molar-refractivity contribution in [3.63, 3.8) is 0 Å². The highest BCUT2D eigenvalue weighted by Gasteiger charge is 2.02. The molecule has 96 valence electrons. The third kappa shape index (κ3) is 5.49. The van der Waals surface area contributed by atoms with Crippen LogP contribution in [-0.2, 0) is 11.2 Å². The van der Waals surface area contributed by atoms with Gasteiger partial charge in [-0.2, -0.15) is 5.10 Å². The molecule has 1 aromatic rings. The Hall–Kier alpha value is -1.36. The molecule has 5 nitrogen and oxygen atoms in total. The largest absolute Gasteiger partial charge is 0.396 e. The average Bonchev–Trinajstić information content (AvgIpc) is 2.71. The number of carbonyl (C=O) groups excluding carboxylic acids is 1. The lowest BCUT2D eigenvalue weighted by molar-refractivity contribution is -0.121. The van der Waals surface area contributed by atoms with E-state index in [1.54, 1.807) is 0 Å². The van der Waals surface area contributed by atoms with Gasteiger partial charge in [0.25, 0.3) is 0 Å². The van der Waals surface area contributed by atoms with E-state index in [1.807, 2.05) is 13.1 Å². The van der Waals surface area contributed by atoms with Gasteiger partial charge >= 0.3 is 0 Å². The molecular weight excluding hydrogens is 218 g/mol. The van der Waals surface area contributed by atoms with Gasteiger partial charge < -0.3 is 10.4 Å². The van der Waals surface area contributed by atoms with E-state index in [2.05, 4.69) is 15.5 Å². The highest BCUT2D eigenvalue weighted by atomic mass is 16.2. The van der Waals surface area contributed by atoms with Gasteiger partial charge in [-0.3, -0.25) is 9.89 Å². The number of hydrogen-bond donors (Lipinski definition) is 3. The van der Waals surface area contributed by atoms with Gasteiger partial charge in [0.1, 0.15) is 0 Å². The van der Waals surface area contributed by atoms with Gasteiger partial charge in [-0.15, -0.1) is 0 Å². The van der Waals surface area contributed by atoms with Crippen LogP contribution in [0.5, 0.6) is 0 Å². The second kappa shape index (κ2) is 7.84. The molecule has 0 aliphatic carbocycles. The quantitative estimate of drug-likeness (QED) is 0.590. The lowest BCUT2D eigenvalue weighted by Gasteiger charge is -2.04. The third-order valence-corrected chi connectivity index (χ3v) is 2.69. The Bertz CT molecular complexity index is 336. The van der Waals surface area contributed by atoms with Crippen molar-refractivity contribution in [3.05, 3.63) is 17.5 Å². The second-order valence-corrected chi connectivity index (χ2v) is 4.15. The molecule has 17 heavy (non-hydrogen) atoms. The number of aliphatic hydroxyl groups is 1. The number of amides is 1. The fourth-order valence-corrected chi connectivity index (χ4v) is 1.62.